The van der Waals surface area contributed by atoms with E-state index < -0.39 is 0 Å². The zero-order valence-electron chi connectivity index (χ0n) is 10.4. The summed E-state index contributed by atoms with van der Waals surface area (Å²) in [4.78, 5) is 0. The minimum Gasteiger partial charge on any atom is -0.269 e. The summed E-state index contributed by atoms with van der Waals surface area (Å²) in [6.45, 7) is 8.00. The highest BCUT2D eigenvalue weighted by Crippen LogP contribution is 1.93. The van der Waals surface area contributed by atoms with Gasteiger partial charge in [0.25, 0.3) is 0 Å². The predicted molar refractivity (Wildman–Crippen MR) is 79.8 cm³/mol. The molecule has 0 aliphatic heterocycles. The highest BCUT2D eigenvalue weighted by atomic mass is 19.0. The molecule has 0 saturated heterocycles. The van der Waals surface area contributed by atoms with E-state index in [1.54, 1.807) is 0 Å². The molecule has 0 nitrogen and oxygen atoms in total. The molecule has 0 atom stereocenters. The van der Waals surface area contributed by atoms with Crippen molar-refractivity contribution >= 4 is 0 Å². The third-order valence-corrected chi connectivity index (χ3v) is 1.31. The van der Waals surface area contributed by atoms with Crippen LogP contribution in [-0.2, 0) is 0 Å². The standard InChI is InChI=1S/2C5H6.2C2H6.CH4.FH.H2/c2*1-2-4-5-3-1;2*1-2;;;/h2*1-4H,5H2;2*1-2H3;1H4;2*1H/i;;;;;;1+1. The molecule has 98 valence electrons. The van der Waals surface area contributed by atoms with Gasteiger partial charge in [-0.05, 0) is 12.8 Å². The molecule has 0 unspecified atom stereocenters. The summed E-state index contributed by atoms with van der Waals surface area (Å²) in [5.74, 6) is 0. The van der Waals surface area contributed by atoms with E-state index in [2.05, 4.69) is 48.6 Å². The molecule has 0 N–H and O–H groups in total. The molecule has 2 aliphatic carbocycles. The van der Waals surface area contributed by atoms with Crippen LogP contribution in [-0.4, -0.2) is 0 Å². The highest BCUT2D eigenvalue weighted by molar-refractivity contribution is 5.12. The van der Waals surface area contributed by atoms with E-state index in [1.807, 2.05) is 27.7 Å². The smallest absolute Gasteiger partial charge is 0 e. The van der Waals surface area contributed by atoms with Crippen molar-refractivity contribution in [1.82, 2.24) is 0 Å². The molecule has 0 saturated carbocycles. The fourth-order valence-corrected chi connectivity index (χ4v) is 0.786. The van der Waals surface area contributed by atoms with Gasteiger partial charge in [-0.15, -0.1) is 0 Å². The molecule has 0 radical (unpaired) electrons. The number of rotatable bonds is 0. The molecular formula is C15H31F. The first-order valence-corrected chi connectivity index (χ1v) is 5.63. The number of hydrogen-bond donors (Lipinski definition) is 0. The largest absolute Gasteiger partial charge is 0.269 e. The van der Waals surface area contributed by atoms with Gasteiger partial charge in [0.1, 0.15) is 0 Å². The van der Waals surface area contributed by atoms with Crippen LogP contribution in [0.25, 0.3) is 0 Å². The second kappa shape index (κ2) is 29.2. The molecule has 16 heavy (non-hydrogen) atoms. The molecule has 0 aromatic rings. The Morgan fingerprint density at radius 2 is 0.812 bits per heavy atom. The summed E-state index contributed by atoms with van der Waals surface area (Å²) in [6, 6.07) is 0. The van der Waals surface area contributed by atoms with Crippen LogP contribution in [0.1, 0.15) is 49.4 Å². The average molecular weight is 231 g/mol. The van der Waals surface area contributed by atoms with Crippen molar-refractivity contribution in [3.8, 4) is 0 Å². The zero-order valence-corrected chi connectivity index (χ0v) is 10.4. The van der Waals surface area contributed by atoms with Crippen LogP contribution in [0.3, 0.4) is 0 Å². The minimum atomic E-state index is 0. The van der Waals surface area contributed by atoms with E-state index >= 15 is 0 Å². The molecular weight excluding hydrogens is 199 g/mol. The SMILES string of the molecule is C.C1=CCC=C1.C1=CCC=C1.CC.CC.F.[2HH]. The van der Waals surface area contributed by atoms with E-state index in [9.17, 15) is 0 Å². The Morgan fingerprint density at radius 3 is 0.875 bits per heavy atom. The van der Waals surface area contributed by atoms with Gasteiger partial charge in [0.2, 0.25) is 0 Å². The topological polar surface area (TPSA) is 0 Å². The van der Waals surface area contributed by atoms with E-state index in [0.29, 0.717) is 0 Å². The Hall–Kier alpha value is -1.11. The maximum absolute atomic E-state index is 2.12. The summed E-state index contributed by atoms with van der Waals surface area (Å²) < 4.78 is 0. The van der Waals surface area contributed by atoms with Crippen LogP contribution in [0, 0.1) is 0 Å². The Labute approximate surface area is 103 Å². The Balaban J connectivity index is -0.0000000387. The van der Waals surface area contributed by atoms with E-state index in [0.717, 1.165) is 12.8 Å². The van der Waals surface area contributed by atoms with Gasteiger partial charge < -0.3 is 0 Å². The van der Waals surface area contributed by atoms with Gasteiger partial charge >= 0.3 is 0 Å². The first-order chi connectivity index (χ1) is 7.00. The van der Waals surface area contributed by atoms with Crippen molar-refractivity contribution in [3.05, 3.63) is 48.6 Å². The first-order valence-electron chi connectivity index (χ1n) is 5.63. The van der Waals surface area contributed by atoms with E-state index in [4.69, 9.17) is 0 Å². The van der Waals surface area contributed by atoms with Crippen molar-refractivity contribution in [2.45, 2.75) is 48.0 Å². The molecule has 0 fully saturated rings. The summed E-state index contributed by atoms with van der Waals surface area (Å²) >= 11 is 0. The van der Waals surface area contributed by atoms with Crippen LogP contribution in [0.15, 0.2) is 48.6 Å². The van der Waals surface area contributed by atoms with Gasteiger partial charge in [-0.25, -0.2) is 0 Å². The third-order valence-electron chi connectivity index (χ3n) is 1.31. The maximum Gasteiger partial charge on any atom is 0 e. The zero-order chi connectivity index (χ0) is 11.1. The summed E-state index contributed by atoms with van der Waals surface area (Å²) in [7, 11) is 0. The van der Waals surface area contributed by atoms with E-state index in [1.165, 1.54) is 0 Å². The fraction of sp³-hybridized carbons (Fsp3) is 0.467. The van der Waals surface area contributed by atoms with Gasteiger partial charge in [0, 0.05) is 1.43 Å². The van der Waals surface area contributed by atoms with Crippen LogP contribution >= 0.6 is 0 Å². The highest BCUT2D eigenvalue weighted by Gasteiger charge is 1.72. The third kappa shape index (κ3) is 23.1. The molecule has 0 aromatic heterocycles. The van der Waals surface area contributed by atoms with Crippen molar-refractivity contribution in [1.29, 1.82) is 0 Å². The lowest BCUT2D eigenvalue weighted by Crippen LogP contribution is -1.37. The number of allylic oxidation sites excluding steroid dienone is 8. The van der Waals surface area contributed by atoms with Crippen molar-refractivity contribution in [3.63, 3.8) is 0 Å². The molecule has 1 heteroatoms. The van der Waals surface area contributed by atoms with Crippen molar-refractivity contribution in [2.75, 3.05) is 0 Å². The molecule has 0 spiro atoms. The second-order valence-corrected chi connectivity index (χ2v) is 2.18. The van der Waals surface area contributed by atoms with Crippen molar-refractivity contribution in [2.24, 2.45) is 0 Å². The van der Waals surface area contributed by atoms with Crippen LogP contribution in [0.5, 0.6) is 0 Å². The fourth-order valence-electron chi connectivity index (χ4n) is 0.786. The molecule has 0 heterocycles. The van der Waals surface area contributed by atoms with Gasteiger partial charge in [0.05, 0.1) is 0 Å². The molecule has 2 aliphatic rings. The first kappa shape index (κ1) is 24.2. The molecule has 0 aromatic carbocycles. The average Bonchev–Trinajstić information content (AvgIpc) is 3.01. The summed E-state index contributed by atoms with van der Waals surface area (Å²) in [6.07, 6.45) is 19.0. The number of halogens is 1. The van der Waals surface area contributed by atoms with Gasteiger partial charge in [-0.3, -0.25) is 4.70 Å². The Morgan fingerprint density at radius 1 is 0.625 bits per heavy atom. The lowest BCUT2D eigenvalue weighted by Gasteiger charge is -1.57. The van der Waals surface area contributed by atoms with Gasteiger partial charge in [-0.2, -0.15) is 0 Å². The monoisotopic (exact) mass is 231 g/mol. The second-order valence-electron chi connectivity index (χ2n) is 2.18. The lowest BCUT2D eigenvalue weighted by atomic mass is 10.5. The minimum absolute atomic E-state index is 0. The summed E-state index contributed by atoms with van der Waals surface area (Å²) in [5, 5.41) is 0. The number of hydrogen-bond acceptors (Lipinski definition) is 0. The molecule has 2 rings (SSSR count). The van der Waals surface area contributed by atoms with E-state index in [-0.39, 0.29) is 13.6 Å². The predicted octanol–water partition coefficient (Wildman–Crippen LogP) is 6.09. The molecule has 0 bridgehead atoms. The lowest BCUT2D eigenvalue weighted by molar-refractivity contribution is 1.11. The maximum atomic E-state index is 2.12. The van der Waals surface area contributed by atoms with Gasteiger partial charge in [0.15, 0.2) is 0 Å². The van der Waals surface area contributed by atoms with Crippen LogP contribution < -0.4 is 0 Å². The quantitative estimate of drug-likeness (QED) is 0.473. The Bertz CT molecular complexity index is 149. The van der Waals surface area contributed by atoms with Crippen LogP contribution in [0.2, 0.25) is 0 Å². The molecule has 0 amide bonds. The van der Waals surface area contributed by atoms with Crippen LogP contribution in [0.4, 0.5) is 4.70 Å². The normalized spacial score (nSPS) is 11.8. The Kier molecular flexibility index (Phi) is 44.2. The van der Waals surface area contributed by atoms with Gasteiger partial charge in [-0.1, -0.05) is 83.7 Å². The van der Waals surface area contributed by atoms with Crippen molar-refractivity contribution < 1.29 is 6.13 Å². The summed E-state index contributed by atoms with van der Waals surface area (Å²) in [5.41, 5.74) is 0.